The first-order chi connectivity index (χ1) is 6.24. The lowest BCUT2D eigenvalue weighted by atomic mass is 10.2. The van der Waals surface area contributed by atoms with E-state index in [-0.39, 0.29) is 6.61 Å². The van der Waals surface area contributed by atoms with Crippen molar-refractivity contribution < 1.29 is 5.11 Å². The molecule has 1 unspecified atom stereocenters. The summed E-state index contributed by atoms with van der Waals surface area (Å²) in [5, 5.41) is 9.92. The zero-order valence-electron chi connectivity index (χ0n) is 8.03. The molecule has 0 aromatic carbocycles. The van der Waals surface area contributed by atoms with Crippen LogP contribution in [0.25, 0.3) is 0 Å². The number of aliphatic hydroxyl groups is 1. The van der Waals surface area contributed by atoms with Crippen LogP contribution in [0.5, 0.6) is 0 Å². The molecule has 0 saturated heterocycles. The second-order valence-electron chi connectivity index (χ2n) is 3.22. The van der Waals surface area contributed by atoms with Gasteiger partial charge >= 0.3 is 0 Å². The maximum Gasteiger partial charge on any atom is 0.0989 e. The maximum atomic E-state index is 8.85. The summed E-state index contributed by atoms with van der Waals surface area (Å²) < 4.78 is 0. The van der Waals surface area contributed by atoms with Crippen molar-refractivity contribution in [2.45, 2.75) is 18.9 Å². The highest BCUT2D eigenvalue weighted by molar-refractivity contribution is 7.99. The molecule has 2 nitrogen and oxygen atoms in total. The van der Waals surface area contributed by atoms with Crippen molar-refractivity contribution in [1.82, 2.24) is 4.98 Å². The fraction of sp³-hybridized carbons (Fsp3) is 0.500. The third-order valence-electron chi connectivity index (χ3n) is 1.78. The Morgan fingerprint density at radius 2 is 2.38 bits per heavy atom. The summed E-state index contributed by atoms with van der Waals surface area (Å²) in [6.45, 7) is 4.34. The lowest BCUT2D eigenvalue weighted by Crippen LogP contribution is -2.03. The maximum absolute atomic E-state index is 8.85. The van der Waals surface area contributed by atoms with E-state index < -0.39 is 0 Å². The predicted octanol–water partition coefficient (Wildman–Crippen LogP) is 2.11. The van der Waals surface area contributed by atoms with Crippen molar-refractivity contribution in [3.8, 4) is 0 Å². The molecule has 1 aromatic rings. The van der Waals surface area contributed by atoms with Crippen molar-refractivity contribution >= 4 is 11.8 Å². The Labute approximate surface area is 83.4 Å². The van der Waals surface area contributed by atoms with E-state index in [2.05, 4.69) is 18.0 Å². The minimum atomic E-state index is 0.249. The van der Waals surface area contributed by atoms with E-state index in [4.69, 9.17) is 5.11 Å². The van der Waals surface area contributed by atoms with E-state index in [1.165, 1.54) is 5.56 Å². The number of aryl methyl sites for hydroxylation is 1. The Hall–Kier alpha value is -0.540. The highest BCUT2D eigenvalue weighted by Gasteiger charge is 2.03. The van der Waals surface area contributed by atoms with E-state index in [1.54, 1.807) is 18.0 Å². The average molecular weight is 197 g/mol. The van der Waals surface area contributed by atoms with Gasteiger partial charge < -0.3 is 5.11 Å². The van der Waals surface area contributed by atoms with Gasteiger partial charge in [0.25, 0.3) is 0 Å². The number of rotatable bonds is 4. The number of hydrogen-bond donors (Lipinski definition) is 1. The van der Waals surface area contributed by atoms with Crippen molar-refractivity contribution in [3.05, 3.63) is 23.9 Å². The van der Waals surface area contributed by atoms with Gasteiger partial charge in [-0.2, -0.15) is 0 Å². The first-order valence-corrected chi connectivity index (χ1v) is 5.38. The van der Waals surface area contributed by atoms with Crippen LogP contribution in [0.4, 0.5) is 0 Å². The molecule has 3 heteroatoms. The molecule has 0 aliphatic heterocycles. The number of aliphatic hydroxyl groups excluding tert-OH is 1. The normalized spacial score (nSPS) is 12.8. The lowest BCUT2D eigenvalue weighted by Gasteiger charge is -2.07. The largest absolute Gasteiger partial charge is 0.396 e. The van der Waals surface area contributed by atoms with E-state index in [1.807, 2.05) is 13.0 Å². The van der Waals surface area contributed by atoms with E-state index >= 15 is 0 Å². The molecule has 0 aliphatic carbocycles. The first-order valence-electron chi connectivity index (χ1n) is 4.39. The van der Waals surface area contributed by atoms with E-state index in [9.17, 15) is 0 Å². The van der Waals surface area contributed by atoms with Crippen LogP contribution in [0.2, 0.25) is 0 Å². The fourth-order valence-corrected chi connectivity index (χ4v) is 1.88. The smallest absolute Gasteiger partial charge is 0.0989 e. The molecule has 13 heavy (non-hydrogen) atoms. The molecule has 1 atom stereocenters. The molecule has 1 heterocycles. The number of nitrogens with zero attached hydrogens (tertiary/aromatic N) is 1. The molecular formula is C10H15NOS. The van der Waals surface area contributed by atoms with Gasteiger partial charge in [-0.05, 0) is 24.5 Å². The highest BCUT2D eigenvalue weighted by atomic mass is 32.2. The molecule has 1 N–H and O–H groups in total. The summed E-state index contributed by atoms with van der Waals surface area (Å²) >= 11 is 1.71. The van der Waals surface area contributed by atoms with Crippen LogP contribution in [-0.4, -0.2) is 22.5 Å². The summed E-state index contributed by atoms with van der Waals surface area (Å²) in [5.41, 5.74) is 1.21. The molecule has 72 valence electrons. The predicted molar refractivity (Wildman–Crippen MR) is 55.9 cm³/mol. The Morgan fingerprint density at radius 1 is 1.62 bits per heavy atom. The molecule has 0 bridgehead atoms. The van der Waals surface area contributed by atoms with Gasteiger partial charge in [0.15, 0.2) is 0 Å². The Kier molecular flexibility index (Phi) is 4.25. The van der Waals surface area contributed by atoms with Gasteiger partial charge in [-0.3, -0.25) is 0 Å². The third-order valence-corrected chi connectivity index (χ3v) is 3.21. The number of hydrogen-bond acceptors (Lipinski definition) is 3. The zero-order chi connectivity index (χ0) is 9.68. The summed E-state index contributed by atoms with van der Waals surface area (Å²) in [6, 6.07) is 3.99. The van der Waals surface area contributed by atoms with Crippen LogP contribution < -0.4 is 0 Å². The highest BCUT2D eigenvalue weighted by Crippen LogP contribution is 2.21. The summed E-state index contributed by atoms with van der Waals surface area (Å²) in [6.07, 6.45) is 1.80. The Balaban J connectivity index is 2.50. The van der Waals surface area contributed by atoms with Crippen LogP contribution in [-0.2, 0) is 0 Å². The van der Waals surface area contributed by atoms with Crippen molar-refractivity contribution in [1.29, 1.82) is 0 Å². The molecule has 0 radical (unpaired) electrons. The molecule has 0 fully saturated rings. The molecule has 1 rings (SSSR count). The molecule has 1 aromatic heterocycles. The number of aromatic nitrogens is 1. The zero-order valence-corrected chi connectivity index (χ0v) is 8.84. The van der Waals surface area contributed by atoms with Crippen molar-refractivity contribution in [2.75, 3.05) is 12.4 Å². The third kappa shape index (κ3) is 3.36. The van der Waals surface area contributed by atoms with Gasteiger partial charge in [-0.1, -0.05) is 13.0 Å². The van der Waals surface area contributed by atoms with Crippen LogP contribution in [0, 0.1) is 12.8 Å². The fourth-order valence-electron chi connectivity index (χ4n) is 0.896. The van der Waals surface area contributed by atoms with Gasteiger partial charge in [0.2, 0.25) is 0 Å². The van der Waals surface area contributed by atoms with Crippen molar-refractivity contribution in [2.24, 2.45) is 5.92 Å². The summed E-state index contributed by atoms with van der Waals surface area (Å²) in [5.74, 6) is 1.26. The Bertz CT molecular complexity index is 265. The number of pyridine rings is 1. The van der Waals surface area contributed by atoms with Crippen LogP contribution in [0.15, 0.2) is 23.4 Å². The Morgan fingerprint density at radius 3 is 3.00 bits per heavy atom. The second-order valence-corrected chi connectivity index (χ2v) is 4.23. The van der Waals surface area contributed by atoms with Gasteiger partial charge in [0.1, 0.15) is 0 Å². The van der Waals surface area contributed by atoms with Crippen LogP contribution >= 0.6 is 11.8 Å². The monoisotopic (exact) mass is 197 g/mol. The van der Waals surface area contributed by atoms with E-state index in [0.29, 0.717) is 5.92 Å². The van der Waals surface area contributed by atoms with Crippen LogP contribution in [0.3, 0.4) is 0 Å². The molecule has 0 amide bonds. The van der Waals surface area contributed by atoms with E-state index in [0.717, 1.165) is 10.8 Å². The summed E-state index contributed by atoms with van der Waals surface area (Å²) in [4.78, 5) is 4.27. The first kappa shape index (κ1) is 10.5. The minimum absolute atomic E-state index is 0.249. The van der Waals surface area contributed by atoms with Gasteiger partial charge in [-0.25, -0.2) is 4.98 Å². The van der Waals surface area contributed by atoms with Crippen molar-refractivity contribution in [3.63, 3.8) is 0 Å². The van der Waals surface area contributed by atoms with Gasteiger partial charge in [0, 0.05) is 18.6 Å². The van der Waals surface area contributed by atoms with Gasteiger partial charge in [-0.15, -0.1) is 11.8 Å². The molecule has 0 spiro atoms. The van der Waals surface area contributed by atoms with Crippen LogP contribution in [0.1, 0.15) is 12.5 Å². The topological polar surface area (TPSA) is 33.1 Å². The SMILES string of the molecule is Cc1cccnc1SCC(C)CO. The standard InChI is InChI=1S/C10H15NOS/c1-8(6-12)7-13-10-9(2)4-3-5-11-10/h3-5,8,12H,6-7H2,1-2H3. The molecular weight excluding hydrogens is 182 g/mol. The summed E-state index contributed by atoms with van der Waals surface area (Å²) in [7, 11) is 0. The average Bonchev–Trinajstić information content (AvgIpc) is 2.16. The molecule has 0 aliphatic rings. The minimum Gasteiger partial charge on any atom is -0.396 e. The molecule has 0 saturated carbocycles. The number of thioether (sulfide) groups is 1. The lowest BCUT2D eigenvalue weighted by molar-refractivity contribution is 0.250. The second kappa shape index (κ2) is 5.25. The van der Waals surface area contributed by atoms with Gasteiger partial charge in [0.05, 0.1) is 5.03 Å². The quantitative estimate of drug-likeness (QED) is 0.750.